The van der Waals surface area contributed by atoms with Gasteiger partial charge in [0, 0.05) is 11.6 Å². The quantitative estimate of drug-likeness (QED) is 0.803. The highest BCUT2D eigenvalue weighted by molar-refractivity contribution is 7.91. The monoisotopic (exact) mass is 352 g/mol. The lowest BCUT2D eigenvalue weighted by atomic mass is 9.97. The SMILES string of the molecule is CCC(C)C(NC(=O)c1ccccc1)C(=O)NC1CCS(=O)(=O)C1. The molecule has 0 bridgehead atoms. The van der Waals surface area contributed by atoms with E-state index in [1.54, 1.807) is 24.3 Å². The summed E-state index contributed by atoms with van der Waals surface area (Å²) in [5.74, 6) is -0.623. The van der Waals surface area contributed by atoms with Crippen LogP contribution in [-0.2, 0) is 14.6 Å². The molecule has 3 unspecified atom stereocenters. The van der Waals surface area contributed by atoms with Crippen molar-refractivity contribution in [3.63, 3.8) is 0 Å². The van der Waals surface area contributed by atoms with Gasteiger partial charge in [-0.05, 0) is 24.5 Å². The molecule has 1 heterocycles. The van der Waals surface area contributed by atoms with Gasteiger partial charge in [0.1, 0.15) is 6.04 Å². The number of hydrogen-bond donors (Lipinski definition) is 2. The van der Waals surface area contributed by atoms with Crippen LogP contribution in [0.5, 0.6) is 0 Å². The second-order valence-electron chi connectivity index (χ2n) is 6.31. The number of rotatable bonds is 6. The molecule has 1 aromatic carbocycles. The fourth-order valence-electron chi connectivity index (χ4n) is 2.72. The van der Waals surface area contributed by atoms with Crippen LogP contribution in [0.15, 0.2) is 30.3 Å². The summed E-state index contributed by atoms with van der Waals surface area (Å²) in [7, 11) is -3.06. The average Bonchev–Trinajstić information content (AvgIpc) is 2.90. The van der Waals surface area contributed by atoms with E-state index < -0.39 is 15.9 Å². The Kier molecular flexibility index (Phi) is 5.99. The number of benzene rings is 1. The van der Waals surface area contributed by atoms with Crippen LogP contribution < -0.4 is 10.6 Å². The molecule has 1 aliphatic rings. The van der Waals surface area contributed by atoms with E-state index in [1.165, 1.54) is 0 Å². The average molecular weight is 352 g/mol. The second kappa shape index (κ2) is 7.79. The van der Waals surface area contributed by atoms with Crippen molar-refractivity contribution >= 4 is 21.7 Å². The van der Waals surface area contributed by atoms with Gasteiger partial charge in [0.15, 0.2) is 9.84 Å². The topological polar surface area (TPSA) is 92.3 Å². The van der Waals surface area contributed by atoms with Gasteiger partial charge in [0.2, 0.25) is 5.91 Å². The molecule has 2 rings (SSSR count). The minimum Gasteiger partial charge on any atom is -0.351 e. The van der Waals surface area contributed by atoms with Gasteiger partial charge >= 0.3 is 0 Å². The summed E-state index contributed by atoms with van der Waals surface area (Å²) in [4.78, 5) is 24.9. The molecule has 132 valence electrons. The van der Waals surface area contributed by atoms with Crippen LogP contribution in [0, 0.1) is 5.92 Å². The summed E-state index contributed by atoms with van der Waals surface area (Å²) in [5, 5.41) is 5.55. The largest absolute Gasteiger partial charge is 0.351 e. The van der Waals surface area contributed by atoms with Gasteiger partial charge < -0.3 is 10.6 Å². The molecule has 1 saturated heterocycles. The van der Waals surface area contributed by atoms with Gasteiger partial charge in [-0.25, -0.2) is 8.42 Å². The van der Waals surface area contributed by atoms with E-state index in [2.05, 4.69) is 10.6 Å². The van der Waals surface area contributed by atoms with Crippen molar-refractivity contribution < 1.29 is 18.0 Å². The zero-order valence-electron chi connectivity index (χ0n) is 14.0. The molecule has 0 aliphatic carbocycles. The minimum absolute atomic E-state index is 0.0292. The first-order valence-corrected chi connectivity index (χ1v) is 10.0. The molecular weight excluding hydrogens is 328 g/mol. The van der Waals surface area contributed by atoms with Gasteiger partial charge in [-0.1, -0.05) is 38.5 Å². The van der Waals surface area contributed by atoms with Crippen LogP contribution in [0.3, 0.4) is 0 Å². The molecule has 24 heavy (non-hydrogen) atoms. The highest BCUT2D eigenvalue weighted by atomic mass is 32.2. The summed E-state index contributed by atoms with van der Waals surface area (Å²) in [5.41, 5.74) is 0.488. The maximum Gasteiger partial charge on any atom is 0.251 e. The normalized spacial score (nSPS) is 21.7. The summed E-state index contributed by atoms with van der Waals surface area (Å²) in [6.07, 6.45) is 1.14. The van der Waals surface area contributed by atoms with Gasteiger partial charge in [-0.3, -0.25) is 9.59 Å². The third kappa shape index (κ3) is 4.80. The van der Waals surface area contributed by atoms with Crippen molar-refractivity contribution in [2.24, 2.45) is 5.92 Å². The molecule has 0 saturated carbocycles. The van der Waals surface area contributed by atoms with Crippen molar-refractivity contribution in [2.45, 2.75) is 38.8 Å². The number of sulfone groups is 1. The molecule has 6 nitrogen and oxygen atoms in total. The van der Waals surface area contributed by atoms with Crippen LogP contribution in [0.4, 0.5) is 0 Å². The predicted molar refractivity (Wildman–Crippen MR) is 92.4 cm³/mol. The van der Waals surface area contributed by atoms with E-state index in [4.69, 9.17) is 0 Å². The Morgan fingerprint density at radius 3 is 2.46 bits per heavy atom. The predicted octanol–water partition coefficient (Wildman–Crippen LogP) is 1.13. The lowest BCUT2D eigenvalue weighted by Gasteiger charge is -2.25. The van der Waals surface area contributed by atoms with Crippen LogP contribution in [0.1, 0.15) is 37.0 Å². The van der Waals surface area contributed by atoms with Crippen molar-refractivity contribution in [2.75, 3.05) is 11.5 Å². The van der Waals surface area contributed by atoms with Crippen molar-refractivity contribution in [3.8, 4) is 0 Å². The fourth-order valence-corrected chi connectivity index (χ4v) is 4.39. The molecule has 0 aromatic heterocycles. The first-order valence-electron chi connectivity index (χ1n) is 8.19. The number of nitrogens with one attached hydrogen (secondary N) is 2. The molecule has 2 N–H and O–H groups in total. The smallest absolute Gasteiger partial charge is 0.251 e. The van der Waals surface area contributed by atoms with E-state index in [-0.39, 0.29) is 35.3 Å². The second-order valence-corrected chi connectivity index (χ2v) is 8.54. The highest BCUT2D eigenvalue weighted by Gasteiger charge is 2.32. The van der Waals surface area contributed by atoms with Crippen LogP contribution in [0.25, 0.3) is 0 Å². The first-order chi connectivity index (χ1) is 11.3. The van der Waals surface area contributed by atoms with E-state index >= 15 is 0 Å². The number of amides is 2. The summed E-state index contributed by atoms with van der Waals surface area (Å²) in [6.45, 7) is 3.83. The van der Waals surface area contributed by atoms with Crippen LogP contribution in [0.2, 0.25) is 0 Å². The van der Waals surface area contributed by atoms with E-state index in [9.17, 15) is 18.0 Å². The minimum atomic E-state index is -3.06. The molecule has 3 atom stereocenters. The first kappa shape index (κ1) is 18.4. The molecule has 0 spiro atoms. The third-order valence-electron chi connectivity index (χ3n) is 4.40. The Labute approximate surface area is 142 Å². The molecule has 0 radical (unpaired) electrons. The number of carbonyl (C=O) groups is 2. The summed E-state index contributed by atoms with van der Waals surface area (Å²) in [6, 6.07) is 7.65. The van der Waals surface area contributed by atoms with Crippen molar-refractivity contribution in [1.29, 1.82) is 0 Å². The Morgan fingerprint density at radius 2 is 1.92 bits per heavy atom. The maximum absolute atomic E-state index is 12.6. The Bertz CT molecular complexity index is 688. The summed E-state index contributed by atoms with van der Waals surface area (Å²) >= 11 is 0. The van der Waals surface area contributed by atoms with E-state index in [0.29, 0.717) is 12.0 Å². The Hall–Kier alpha value is -1.89. The van der Waals surface area contributed by atoms with Gasteiger partial charge in [-0.15, -0.1) is 0 Å². The molecule has 7 heteroatoms. The number of carbonyl (C=O) groups excluding carboxylic acids is 2. The van der Waals surface area contributed by atoms with Crippen LogP contribution in [-0.4, -0.2) is 43.8 Å². The van der Waals surface area contributed by atoms with Crippen LogP contribution >= 0.6 is 0 Å². The van der Waals surface area contributed by atoms with E-state index in [0.717, 1.165) is 6.42 Å². The zero-order chi connectivity index (χ0) is 17.7. The van der Waals surface area contributed by atoms with Crippen molar-refractivity contribution in [1.82, 2.24) is 10.6 Å². The Balaban J connectivity index is 2.05. The molecule has 1 fully saturated rings. The fraction of sp³-hybridized carbons (Fsp3) is 0.529. The number of hydrogen-bond acceptors (Lipinski definition) is 4. The standard InChI is InChI=1S/C17H24N2O4S/c1-3-12(2)15(19-16(20)13-7-5-4-6-8-13)17(21)18-14-9-10-24(22,23)11-14/h4-8,12,14-15H,3,9-11H2,1-2H3,(H,18,21)(H,19,20). The van der Waals surface area contributed by atoms with Gasteiger partial charge in [0.05, 0.1) is 11.5 Å². The third-order valence-corrected chi connectivity index (χ3v) is 6.16. The van der Waals surface area contributed by atoms with Gasteiger partial charge in [0.25, 0.3) is 5.91 Å². The zero-order valence-corrected chi connectivity index (χ0v) is 14.8. The Morgan fingerprint density at radius 1 is 1.25 bits per heavy atom. The van der Waals surface area contributed by atoms with Gasteiger partial charge in [-0.2, -0.15) is 0 Å². The summed E-state index contributed by atoms with van der Waals surface area (Å²) < 4.78 is 23.0. The molecule has 1 aromatic rings. The maximum atomic E-state index is 12.6. The molecular formula is C17H24N2O4S. The lowest BCUT2D eigenvalue weighted by molar-refractivity contribution is -0.124. The highest BCUT2D eigenvalue weighted by Crippen LogP contribution is 2.14. The molecule has 2 amide bonds. The lowest BCUT2D eigenvalue weighted by Crippen LogP contribution is -2.52. The molecule has 1 aliphatic heterocycles. The van der Waals surface area contributed by atoms with E-state index in [1.807, 2.05) is 19.9 Å². The van der Waals surface area contributed by atoms with Crippen molar-refractivity contribution in [3.05, 3.63) is 35.9 Å².